The molecule has 2 rings (SSSR count). The topological polar surface area (TPSA) is 56.1 Å². The van der Waals surface area contributed by atoms with Crippen LogP contribution in [0.4, 0.5) is 5.69 Å². The van der Waals surface area contributed by atoms with Crippen molar-refractivity contribution >= 4 is 11.6 Å². The van der Waals surface area contributed by atoms with Crippen molar-refractivity contribution < 1.29 is 4.79 Å². The molecule has 0 radical (unpaired) electrons. The third-order valence-electron chi connectivity index (χ3n) is 4.36. The number of carbonyl (C=O) groups is 1. The molecule has 1 amide bonds. The Hall–Kier alpha value is -3.06. The molecule has 0 aromatic heterocycles. The van der Waals surface area contributed by atoms with E-state index in [4.69, 9.17) is 0 Å². The van der Waals surface area contributed by atoms with Crippen LogP contribution >= 0.6 is 0 Å². The number of hydrogen-bond donors (Lipinski definition) is 1. The highest BCUT2D eigenvalue weighted by atomic mass is 16.1. The lowest BCUT2D eigenvalue weighted by molar-refractivity contribution is -0.112. The lowest BCUT2D eigenvalue weighted by Gasteiger charge is -2.25. The predicted octanol–water partition coefficient (Wildman–Crippen LogP) is 5.07. The summed E-state index contributed by atoms with van der Waals surface area (Å²) in [5, 5.41) is 12.4. The van der Waals surface area contributed by atoms with E-state index in [1.165, 1.54) is 0 Å². The average Bonchev–Trinajstić information content (AvgIpc) is 2.65. The van der Waals surface area contributed by atoms with E-state index in [9.17, 15) is 10.1 Å². The highest BCUT2D eigenvalue weighted by molar-refractivity contribution is 6.06. The molecule has 0 fully saturated rings. The van der Waals surface area contributed by atoms with E-state index in [-0.39, 0.29) is 23.4 Å². The van der Waals surface area contributed by atoms with E-state index in [0.29, 0.717) is 6.54 Å². The molecule has 4 nitrogen and oxygen atoms in total. The maximum absolute atomic E-state index is 12.7. The molecule has 4 heteroatoms. The number of nitrogens with zero attached hydrogens (tertiary/aromatic N) is 2. The smallest absolute Gasteiger partial charge is 0.267 e. The maximum atomic E-state index is 12.7. The van der Waals surface area contributed by atoms with Crippen molar-refractivity contribution in [3.8, 4) is 6.07 Å². The first-order valence-corrected chi connectivity index (χ1v) is 9.24. The van der Waals surface area contributed by atoms with Gasteiger partial charge in [-0.2, -0.15) is 5.26 Å². The lowest BCUT2D eigenvalue weighted by Crippen LogP contribution is -2.27. The zero-order valence-corrected chi connectivity index (χ0v) is 16.4. The van der Waals surface area contributed by atoms with Gasteiger partial charge in [-0.1, -0.05) is 62.4 Å². The quantitative estimate of drug-likeness (QED) is 0.553. The number of rotatable bonds is 7. The van der Waals surface area contributed by atoms with Gasteiger partial charge in [0.05, 0.1) is 0 Å². The van der Waals surface area contributed by atoms with E-state index < -0.39 is 0 Å². The molecule has 0 spiro atoms. The molecule has 0 bridgehead atoms. The third kappa shape index (κ3) is 5.72. The predicted molar refractivity (Wildman–Crippen MR) is 110 cm³/mol. The van der Waals surface area contributed by atoms with Crippen LogP contribution in [0, 0.1) is 11.3 Å². The summed E-state index contributed by atoms with van der Waals surface area (Å²) in [4.78, 5) is 14.7. The van der Waals surface area contributed by atoms with Crippen LogP contribution in [0.1, 0.15) is 44.7 Å². The molecule has 2 aromatic rings. The van der Waals surface area contributed by atoms with Crippen LogP contribution in [0.15, 0.2) is 66.4 Å². The Morgan fingerprint density at radius 2 is 1.70 bits per heavy atom. The molecule has 0 aliphatic carbocycles. The summed E-state index contributed by atoms with van der Waals surface area (Å²) in [5.41, 5.74) is 3.02. The molecule has 0 saturated carbocycles. The second-order valence-corrected chi connectivity index (χ2v) is 7.10. The Morgan fingerprint density at radius 3 is 2.30 bits per heavy atom. The molecule has 0 heterocycles. The van der Waals surface area contributed by atoms with Gasteiger partial charge < -0.3 is 10.2 Å². The summed E-state index contributed by atoms with van der Waals surface area (Å²) in [6.07, 6.45) is 1.66. The van der Waals surface area contributed by atoms with Gasteiger partial charge in [0.15, 0.2) is 0 Å². The molecular formula is C23H27N3O. The summed E-state index contributed by atoms with van der Waals surface area (Å²) in [7, 11) is 0. The van der Waals surface area contributed by atoms with E-state index in [2.05, 4.69) is 19.2 Å². The highest BCUT2D eigenvalue weighted by Crippen LogP contribution is 2.24. The first-order chi connectivity index (χ1) is 12.9. The monoisotopic (exact) mass is 361 g/mol. The van der Waals surface area contributed by atoms with E-state index in [0.717, 1.165) is 16.8 Å². The maximum Gasteiger partial charge on any atom is 0.267 e. The lowest BCUT2D eigenvalue weighted by atomic mass is 10.0. The van der Waals surface area contributed by atoms with Crippen LogP contribution in [0.2, 0.25) is 0 Å². The fourth-order valence-corrected chi connectivity index (χ4v) is 2.78. The fourth-order valence-electron chi connectivity index (χ4n) is 2.78. The number of hydrogen-bond acceptors (Lipinski definition) is 3. The number of benzene rings is 2. The van der Waals surface area contributed by atoms with Crippen molar-refractivity contribution in [1.82, 2.24) is 4.90 Å². The van der Waals surface area contributed by atoms with Gasteiger partial charge in [0, 0.05) is 24.5 Å². The van der Waals surface area contributed by atoms with Crippen LogP contribution in [0.25, 0.3) is 0 Å². The Balaban J connectivity index is 2.23. The highest BCUT2D eigenvalue weighted by Gasteiger charge is 2.16. The van der Waals surface area contributed by atoms with E-state index in [1.54, 1.807) is 6.20 Å². The Kier molecular flexibility index (Phi) is 7.19. The van der Waals surface area contributed by atoms with Crippen LogP contribution in [0.5, 0.6) is 0 Å². The van der Waals surface area contributed by atoms with E-state index >= 15 is 0 Å². The summed E-state index contributed by atoms with van der Waals surface area (Å²) >= 11 is 0. The Morgan fingerprint density at radius 1 is 1.07 bits per heavy atom. The normalized spacial score (nSPS) is 11.4. The van der Waals surface area contributed by atoms with Gasteiger partial charge in [0.1, 0.15) is 11.6 Å². The first-order valence-electron chi connectivity index (χ1n) is 9.24. The van der Waals surface area contributed by atoms with Crippen molar-refractivity contribution in [2.45, 2.75) is 46.2 Å². The molecule has 1 N–H and O–H groups in total. The number of nitriles is 1. The second-order valence-electron chi connectivity index (χ2n) is 7.10. The number of anilines is 1. The van der Waals surface area contributed by atoms with Crippen LogP contribution < -0.4 is 5.32 Å². The van der Waals surface area contributed by atoms with Gasteiger partial charge in [-0.15, -0.1) is 0 Å². The molecule has 0 unspecified atom stereocenters. The zero-order chi connectivity index (χ0) is 19.8. The first kappa shape index (κ1) is 20.3. The van der Waals surface area contributed by atoms with Gasteiger partial charge >= 0.3 is 0 Å². The van der Waals surface area contributed by atoms with Gasteiger partial charge in [-0.25, -0.2) is 0 Å². The summed E-state index contributed by atoms with van der Waals surface area (Å²) in [5.74, 6) is -0.106. The molecular weight excluding hydrogens is 334 g/mol. The number of nitrogens with one attached hydrogen (secondary N) is 1. The molecule has 140 valence electrons. The molecule has 2 aromatic carbocycles. The van der Waals surface area contributed by atoms with Crippen LogP contribution in [-0.4, -0.2) is 16.8 Å². The summed E-state index contributed by atoms with van der Waals surface area (Å²) < 4.78 is 0. The number of amides is 1. The van der Waals surface area contributed by atoms with Crippen molar-refractivity contribution in [2.24, 2.45) is 0 Å². The van der Waals surface area contributed by atoms with Crippen molar-refractivity contribution in [1.29, 1.82) is 5.26 Å². The van der Waals surface area contributed by atoms with Gasteiger partial charge in [0.2, 0.25) is 0 Å². The van der Waals surface area contributed by atoms with Crippen molar-refractivity contribution in [3.05, 3.63) is 77.5 Å². The SMILES string of the molecule is CC(C)c1ccccc1NC(=O)/C(C#N)=C\N(Cc1ccccc1)C(C)C. The largest absolute Gasteiger partial charge is 0.369 e. The summed E-state index contributed by atoms with van der Waals surface area (Å²) in [6.45, 7) is 8.87. The zero-order valence-electron chi connectivity index (χ0n) is 16.4. The van der Waals surface area contributed by atoms with Crippen LogP contribution in [0.3, 0.4) is 0 Å². The number of para-hydroxylation sites is 1. The molecule has 27 heavy (non-hydrogen) atoms. The third-order valence-corrected chi connectivity index (χ3v) is 4.36. The van der Waals surface area contributed by atoms with Gasteiger partial charge in [-0.05, 0) is 37.0 Å². The Bertz CT molecular complexity index is 832. The standard InChI is InChI=1S/C23H27N3O/c1-17(2)21-12-8-9-13-22(21)25-23(27)20(14-24)16-26(18(3)4)15-19-10-6-5-7-11-19/h5-13,16-18H,15H2,1-4H3,(H,25,27)/b20-16-. The van der Waals surface area contributed by atoms with Gasteiger partial charge in [-0.3, -0.25) is 4.79 Å². The Labute approximate surface area is 162 Å². The van der Waals surface area contributed by atoms with E-state index in [1.807, 2.05) is 79.4 Å². The number of carbonyl (C=O) groups excluding carboxylic acids is 1. The van der Waals surface area contributed by atoms with Crippen LogP contribution in [-0.2, 0) is 11.3 Å². The molecule has 0 aliphatic rings. The van der Waals surface area contributed by atoms with Crippen molar-refractivity contribution in [2.75, 3.05) is 5.32 Å². The minimum absolute atomic E-state index is 0.0955. The fraction of sp³-hybridized carbons (Fsp3) is 0.304. The molecule has 0 saturated heterocycles. The molecule has 0 atom stereocenters. The second kappa shape index (κ2) is 9.59. The average molecular weight is 361 g/mol. The van der Waals surface area contributed by atoms with Crippen molar-refractivity contribution in [3.63, 3.8) is 0 Å². The van der Waals surface area contributed by atoms with Gasteiger partial charge in [0.25, 0.3) is 5.91 Å². The minimum Gasteiger partial charge on any atom is -0.369 e. The summed E-state index contributed by atoms with van der Waals surface area (Å²) in [6, 6.07) is 19.9. The minimum atomic E-state index is -0.385. The molecule has 0 aliphatic heterocycles.